The van der Waals surface area contributed by atoms with Gasteiger partial charge in [0.1, 0.15) is 11.4 Å². The largest absolute Gasteiger partial charge is 0.482 e. The smallest absolute Gasteiger partial charge is 0.341 e. The van der Waals surface area contributed by atoms with Crippen LogP contribution in [0.5, 0.6) is 5.75 Å². The van der Waals surface area contributed by atoms with E-state index in [1.165, 1.54) is 6.07 Å². The third-order valence-electron chi connectivity index (χ3n) is 3.89. The van der Waals surface area contributed by atoms with Gasteiger partial charge in [-0.1, -0.05) is 24.3 Å². The number of anilines is 1. The summed E-state index contributed by atoms with van der Waals surface area (Å²) in [7, 11) is 0. The van der Waals surface area contributed by atoms with Crippen LogP contribution in [0.15, 0.2) is 48.5 Å². The minimum absolute atomic E-state index is 0.0403. The van der Waals surface area contributed by atoms with E-state index in [9.17, 15) is 19.7 Å². The van der Waals surface area contributed by atoms with Crippen LogP contribution >= 0.6 is 0 Å². The van der Waals surface area contributed by atoms with Crippen LogP contribution in [0.1, 0.15) is 24.9 Å². The molecule has 2 rings (SSSR count). The van der Waals surface area contributed by atoms with E-state index < -0.39 is 17.5 Å². The molecule has 1 amide bonds. The summed E-state index contributed by atoms with van der Waals surface area (Å²) >= 11 is 0. The highest BCUT2D eigenvalue weighted by Gasteiger charge is 2.13. The van der Waals surface area contributed by atoms with Crippen LogP contribution in [-0.4, -0.2) is 35.1 Å². The Morgan fingerprint density at radius 2 is 1.86 bits per heavy atom. The number of carbonyl (C=O) groups excluding carboxylic acids is 1. The molecule has 0 aromatic heterocycles. The molecule has 1 unspecified atom stereocenters. The van der Waals surface area contributed by atoms with Gasteiger partial charge >= 0.3 is 5.97 Å². The van der Waals surface area contributed by atoms with Gasteiger partial charge in [-0.05, 0) is 30.7 Å². The summed E-state index contributed by atoms with van der Waals surface area (Å²) in [6.07, 6.45) is 0.149. The number of nitro groups is 1. The van der Waals surface area contributed by atoms with Crippen LogP contribution in [0.2, 0.25) is 0 Å². The quantitative estimate of drug-likeness (QED) is 0.422. The SMILES string of the molecule is CC(NC(=O)CCNc1ccccc1[N+](=O)[O-])c1ccc(OCC(=O)O)cc1. The molecule has 2 aromatic carbocycles. The number of benzene rings is 2. The zero-order valence-electron chi connectivity index (χ0n) is 15.3. The van der Waals surface area contributed by atoms with Crippen molar-refractivity contribution in [1.29, 1.82) is 0 Å². The average Bonchev–Trinajstić information content (AvgIpc) is 2.67. The van der Waals surface area contributed by atoms with E-state index in [2.05, 4.69) is 10.6 Å². The molecule has 3 N–H and O–H groups in total. The fourth-order valence-corrected chi connectivity index (χ4v) is 2.49. The number of carboxylic acid groups (broad SMARTS) is 1. The van der Waals surface area contributed by atoms with Crippen LogP contribution < -0.4 is 15.4 Å². The molecule has 0 fully saturated rings. The summed E-state index contributed by atoms with van der Waals surface area (Å²) in [5, 5.41) is 25.3. The van der Waals surface area contributed by atoms with E-state index in [-0.39, 0.29) is 30.6 Å². The molecule has 28 heavy (non-hydrogen) atoms. The van der Waals surface area contributed by atoms with Gasteiger partial charge in [-0.15, -0.1) is 0 Å². The molecule has 1 atom stereocenters. The van der Waals surface area contributed by atoms with E-state index >= 15 is 0 Å². The Kier molecular flexibility index (Phi) is 7.32. The summed E-state index contributed by atoms with van der Waals surface area (Å²) in [6.45, 7) is 1.66. The van der Waals surface area contributed by atoms with Crippen molar-refractivity contribution in [3.8, 4) is 5.75 Å². The lowest BCUT2D eigenvalue weighted by molar-refractivity contribution is -0.384. The number of hydrogen-bond donors (Lipinski definition) is 3. The maximum atomic E-state index is 12.1. The van der Waals surface area contributed by atoms with Gasteiger partial charge in [-0.3, -0.25) is 14.9 Å². The fourth-order valence-electron chi connectivity index (χ4n) is 2.49. The van der Waals surface area contributed by atoms with Crippen LogP contribution in [0.3, 0.4) is 0 Å². The summed E-state index contributed by atoms with van der Waals surface area (Å²) < 4.78 is 5.06. The number of nitrogens with zero attached hydrogens (tertiary/aromatic N) is 1. The monoisotopic (exact) mass is 387 g/mol. The van der Waals surface area contributed by atoms with Crippen LogP contribution in [0, 0.1) is 10.1 Å². The van der Waals surface area contributed by atoms with Gasteiger partial charge < -0.3 is 20.5 Å². The Morgan fingerprint density at radius 3 is 2.50 bits per heavy atom. The van der Waals surface area contributed by atoms with Gasteiger partial charge in [-0.2, -0.15) is 0 Å². The molecule has 0 aliphatic rings. The first-order valence-electron chi connectivity index (χ1n) is 8.58. The first-order chi connectivity index (χ1) is 13.4. The molecule has 0 bridgehead atoms. The lowest BCUT2D eigenvalue weighted by Gasteiger charge is -2.15. The van der Waals surface area contributed by atoms with E-state index in [0.29, 0.717) is 11.4 Å². The first kappa shape index (κ1) is 20.7. The third-order valence-corrected chi connectivity index (χ3v) is 3.89. The van der Waals surface area contributed by atoms with E-state index in [0.717, 1.165) is 5.56 Å². The Morgan fingerprint density at radius 1 is 1.18 bits per heavy atom. The predicted molar refractivity (Wildman–Crippen MR) is 102 cm³/mol. The Hall–Kier alpha value is -3.62. The molecular formula is C19H21N3O6. The number of carboxylic acids is 1. The van der Waals surface area contributed by atoms with Crippen molar-refractivity contribution in [2.45, 2.75) is 19.4 Å². The maximum Gasteiger partial charge on any atom is 0.341 e. The highest BCUT2D eigenvalue weighted by molar-refractivity contribution is 5.77. The lowest BCUT2D eigenvalue weighted by Crippen LogP contribution is -2.28. The van der Waals surface area contributed by atoms with E-state index in [4.69, 9.17) is 9.84 Å². The summed E-state index contributed by atoms with van der Waals surface area (Å²) in [5.74, 6) is -0.831. The zero-order chi connectivity index (χ0) is 20.5. The van der Waals surface area contributed by atoms with Crippen molar-refractivity contribution in [3.63, 3.8) is 0 Å². The molecule has 0 aliphatic carbocycles. The molecule has 0 spiro atoms. The number of nitrogens with one attached hydrogen (secondary N) is 2. The Labute approximate surface area is 161 Å². The maximum absolute atomic E-state index is 12.1. The Bertz CT molecular complexity index is 838. The van der Waals surface area contributed by atoms with Crippen molar-refractivity contribution >= 4 is 23.3 Å². The highest BCUT2D eigenvalue weighted by atomic mass is 16.6. The lowest BCUT2D eigenvalue weighted by atomic mass is 10.1. The molecule has 148 valence electrons. The summed E-state index contributed by atoms with van der Waals surface area (Å²) in [5.41, 5.74) is 1.16. The van der Waals surface area contributed by atoms with Crippen LogP contribution in [0.4, 0.5) is 11.4 Å². The number of aliphatic carboxylic acids is 1. The number of amides is 1. The molecule has 0 saturated carbocycles. The van der Waals surface area contributed by atoms with Gasteiger partial charge in [0.2, 0.25) is 5.91 Å². The van der Waals surface area contributed by atoms with Gasteiger partial charge in [0.25, 0.3) is 5.69 Å². The van der Waals surface area contributed by atoms with Gasteiger partial charge in [-0.25, -0.2) is 4.79 Å². The van der Waals surface area contributed by atoms with Crippen molar-refractivity contribution in [3.05, 3.63) is 64.2 Å². The molecule has 9 heteroatoms. The molecule has 9 nitrogen and oxygen atoms in total. The number of rotatable bonds is 10. The standard InChI is InChI=1S/C19H21N3O6/c1-13(14-6-8-15(9-7-14)28-12-19(24)25)21-18(23)10-11-20-16-4-2-3-5-17(16)22(26)27/h2-9,13,20H,10-12H2,1H3,(H,21,23)(H,24,25). The number of ether oxygens (including phenoxy) is 1. The van der Waals surface area contributed by atoms with Crippen LogP contribution in [0.25, 0.3) is 0 Å². The zero-order valence-corrected chi connectivity index (χ0v) is 15.3. The highest BCUT2D eigenvalue weighted by Crippen LogP contribution is 2.23. The Balaban J connectivity index is 1.81. The molecule has 0 heterocycles. The van der Waals surface area contributed by atoms with Gasteiger partial charge in [0.05, 0.1) is 11.0 Å². The number of carbonyl (C=O) groups is 2. The van der Waals surface area contributed by atoms with Crippen LogP contribution in [-0.2, 0) is 9.59 Å². The minimum Gasteiger partial charge on any atom is -0.482 e. The summed E-state index contributed by atoms with van der Waals surface area (Å²) in [6, 6.07) is 12.8. The topological polar surface area (TPSA) is 131 Å². The first-order valence-corrected chi connectivity index (χ1v) is 8.58. The molecule has 2 aromatic rings. The average molecular weight is 387 g/mol. The van der Waals surface area contributed by atoms with Gasteiger partial charge in [0, 0.05) is 19.0 Å². The number of para-hydroxylation sites is 2. The second-order valence-corrected chi connectivity index (χ2v) is 5.99. The molecular weight excluding hydrogens is 366 g/mol. The van der Waals surface area contributed by atoms with Crippen molar-refractivity contribution in [1.82, 2.24) is 5.32 Å². The van der Waals surface area contributed by atoms with E-state index in [1.54, 1.807) is 42.5 Å². The second kappa shape index (κ2) is 9.91. The summed E-state index contributed by atoms with van der Waals surface area (Å²) in [4.78, 5) is 33.1. The molecule has 0 aliphatic heterocycles. The molecule has 0 radical (unpaired) electrons. The number of nitro benzene ring substituents is 1. The van der Waals surface area contributed by atoms with E-state index in [1.807, 2.05) is 6.92 Å². The minimum atomic E-state index is -1.06. The van der Waals surface area contributed by atoms with Gasteiger partial charge in [0.15, 0.2) is 6.61 Å². The molecule has 0 saturated heterocycles. The normalized spacial score (nSPS) is 11.3. The third kappa shape index (κ3) is 6.27. The predicted octanol–water partition coefficient (Wildman–Crippen LogP) is 2.74. The van der Waals surface area contributed by atoms with Crippen molar-refractivity contribution < 1.29 is 24.4 Å². The van der Waals surface area contributed by atoms with Crippen molar-refractivity contribution in [2.75, 3.05) is 18.5 Å². The fraction of sp³-hybridized carbons (Fsp3) is 0.263. The second-order valence-electron chi connectivity index (χ2n) is 5.99. The number of hydrogen-bond acceptors (Lipinski definition) is 6. The van der Waals surface area contributed by atoms with Crippen molar-refractivity contribution in [2.24, 2.45) is 0 Å².